The molecule has 0 bridgehead atoms. The van der Waals surface area contributed by atoms with Crippen LogP contribution in [0.1, 0.15) is 25.0 Å². The summed E-state index contributed by atoms with van der Waals surface area (Å²) < 4.78 is 27.3. The van der Waals surface area contributed by atoms with E-state index in [4.69, 9.17) is 4.74 Å². The van der Waals surface area contributed by atoms with Gasteiger partial charge < -0.3 is 4.74 Å². The van der Waals surface area contributed by atoms with Gasteiger partial charge in [-0.3, -0.25) is 4.79 Å². The highest BCUT2D eigenvalue weighted by molar-refractivity contribution is 9.12. The molecular weight excluding hydrogens is 332 g/mol. The highest BCUT2D eigenvalue weighted by Crippen LogP contribution is 2.38. The molecule has 0 fully saturated rings. The summed E-state index contributed by atoms with van der Waals surface area (Å²) in [5.41, 5.74) is 0.585. The molecular formula is C13H13BrO4S. The molecule has 0 unspecified atom stereocenters. The first-order valence-corrected chi connectivity index (χ1v) is 7.81. The van der Waals surface area contributed by atoms with Gasteiger partial charge in [-0.15, -0.1) is 0 Å². The molecule has 0 aromatic heterocycles. The third-order valence-corrected chi connectivity index (χ3v) is 4.17. The number of hydrogen-bond acceptors (Lipinski definition) is 4. The number of Topliss-reactive ketones (excluding diaryl/α,β-unsaturated/α-hetero) is 1. The van der Waals surface area contributed by atoms with Crippen molar-refractivity contribution in [3.8, 4) is 0 Å². The van der Waals surface area contributed by atoms with Crippen LogP contribution in [0.4, 0.5) is 0 Å². The second-order valence-corrected chi connectivity index (χ2v) is 6.55. The van der Waals surface area contributed by atoms with Gasteiger partial charge in [0.15, 0.2) is 5.60 Å². The number of hydrogen-bond donors (Lipinski definition) is 1. The molecule has 102 valence electrons. The van der Waals surface area contributed by atoms with Gasteiger partial charge in [-0.25, -0.2) is 8.42 Å². The van der Waals surface area contributed by atoms with Crippen LogP contribution in [0.15, 0.2) is 28.7 Å². The van der Waals surface area contributed by atoms with Crippen LogP contribution in [0.25, 0.3) is 5.76 Å². The topological polar surface area (TPSA) is 60.4 Å². The minimum Gasteiger partial charge on any atom is -0.478 e. The Hall–Kier alpha value is -1.14. The number of rotatable bonds is 3. The average molecular weight is 345 g/mol. The van der Waals surface area contributed by atoms with Gasteiger partial charge in [0.05, 0.1) is 5.75 Å². The van der Waals surface area contributed by atoms with E-state index in [1.54, 1.807) is 38.1 Å². The van der Waals surface area contributed by atoms with Crippen LogP contribution in [-0.4, -0.2) is 19.8 Å². The lowest BCUT2D eigenvalue weighted by Crippen LogP contribution is -2.28. The van der Waals surface area contributed by atoms with Gasteiger partial charge >= 0.3 is 0 Å². The summed E-state index contributed by atoms with van der Waals surface area (Å²) in [5.74, 6) is 0.406. The molecule has 1 heterocycles. The first kappa shape index (κ1) is 14.3. The fourth-order valence-corrected chi connectivity index (χ4v) is 3.11. The van der Waals surface area contributed by atoms with Crippen molar-refractivity contribution in [2.24, 2.45) is 0 Å². The Balaban J connectivity index is 2.31. The van der Waals surface area contributed by atoms with Crippen molar-refractivity contribution in [2.75, 3.05) is 0 Å². The summed E-state index contributed by atoms with van der Waals surface area (Å²) in [6.45, 7) is 3.42. The first-order chi connectivity index (χ1) is 8.81. The van der Waals surface area contributed by atoms with Gasteiger partial charge in [-0.05, 0) is 35.3 Å². The van der Waals surface area contributed by atoms with Crippen molar-refractivity contribution >= 4 is 38.2 Å². The molecule has 1 aliphatic heterocycles. The highest BCUT2D eigenvalue weighted by atomic mass is 79.9. The molecule has 1 aliphatic rings. The summed E-state index contributed by atoms with van der Waals surface area (Å²) in [4.78, 5) is 11.9. The fraction of sp³-hybridized carbons (Fsp3) is 0.308. The molecule has 0 spiro atoms. The van der Waals surface area contributed by atoms with E-state index in [0.717, 1.165) is 5.56 Å². The van der Waals surface area contributed by atoms with E-state index < -0.39 is 16.3 Å². The van der Waals surface area contributed by atoms with Crippen molar-refractivity contribution in [1.29, 1.82) is 0 Å². The van der Waals surface area contributed by atoms with E-state index in [9.17, 15) is 13.2 Å². The molecule has 4 nitrogen and oxygen atoms in total. The van der Waals surface area contributed by atoms with E-state index in [-0.39, 0.29) is 11.5 Å². The molecule has 1 aromatic carbocycles. The number of carbonyl (C=O) groups is 1. The second kappa shape index (κ2) is 5.09. The van der Waals surface area contributed by atoms with E-state index in [0.29, 0.717) is 15.8 Å². The van der Waals surface area contributed by atoms with Crippen LogP contribution in [0.2, 0.25) is 0 Å². The van der Waals surface area contributed by atoms with E-state index in [1.807, 2.05) is 0 Å². The van der Waals surface area contributed by atoms with Crippen LogP contribution >= 0.6 is 15.9 Å². The molecule has 0 radical (unpaired) electrons. The smallest absolute Gasteiger partial charge is 0.216 e. The number of ketones is 1. The normalized spacial score (nSPS) is 18.0. The minimum atomic E-state index is -2.43. The Kier molecular flexibility index (Phi) is 3.82. The maximum Gasteiger partial charge on any atom is 0.216 e. The summed E-state index contributed by atoms with van der Waals surface area (Å²) in [6, 6.07) is 6.93. The molecule has 0 N–H and O–H groups in total. The SMILES string of the molecule is CC1(C)OC(c2ccc(C[SH](=O)=O)cc2)=C(Br)C1=O. The van der Waals surface area contributed by atoms with E-state index >= 15 is 0 Å². The van der Waals surface area contributed by atoms with Gasteiger partial charge in [0.1, 0.15) is 20.9 Å². The van der Waals surface area contributed by atoms with Crippen LogP contribution in [0.3, 0.4) is 0 Å². The molecule has 0 saturated carbocycles. The second-order valence-electron chi connectivity index (χ2n) is 4.77. The predicted molar refractivity (Wildman–Crippen MR) is 76.5 cm³/mol. The zero-order valence-corrected chi connectivity index (χ0v) is 13.0. The first-order valence-electron chi connectivity index (χ1n) is 5.66. The summed E-state index contributed by atoms with van der Waals surface area (Å²) in [7, 11) is -2.43. The predicted octanol–water partition coefficient (Wildman–Crippen LogP) is 2.24. The maximum atomic E-state index is 11.9. The quantitative estimate of drug-likeness (QED) is 0.854. The van der Waals surface area contributed by atoms with Crippen LogP contribution < -0.4 is 0 Å². The Morgan fingerprint density at radius 1 is 1.21 bits per heavy atom. The van der Waals surface area contributed by atoms with Gasteiger partial charge in [0.25, 0.3) is 0 Å². The molecule has 0 aliphatic carbocycles. The number of ether oxygens (including phenoxy) is 1. The molecule has 0 amide bonds. The van der Waals surface area contributed by atoms with Crippen LogP contribution in [0.5, 0.6) is 0 Å². The lowest BCUT2D eigenvalue weighted by Gasteiger charge is -2.17. The van der Waals surface area contributed by atoms with Crippen molar-refractivity contribution in [1.82, 2.24) is 0 Å². The van der Waals surface area contributed by atoms with E-state index in [2.05, 4.69) is 15.9 Å². The van der Waals surface area contributed by atoms with Gasteiger partial charge in [-0.2, -0.15) is 0 Å². The zero-order chi connectivity index (χ0) is 14.2. The molecule has 2 rings (SSSR count). The largest absolute Gasteiger partial charge is 0.478 e. The Labute approximate surface area is 121 Å². The van der Waals surface area contributed by atoms with Crippen LogP contribution in [0, 0.1) is 0 Å². The van der Waals surface area contributed by atoms with Crippen molar-refractivity contribution < 1.29 is 17.9 Å². The lowest BCUT2D eigenvalue weighted by molar-refractivity contribution is -0.125. The maximum absolute atomic E-state index is 11.9. The standard InChI is InChI=1S/C13H13BrO4S/c1-13(2)12(15)10(14)11(18-13)9-5-3-8(4-6-9)7-19(16)17/h3-6,19H,7H2,1-2H3. The molecule has 0 atom stereocenters. The number of thiol groups is 1. The average Bonchev–Trinajstić information content (AvgIpc) is 2.53. The molecule has 1 aromatic rings. The van der Waals surface area contributed by atoms with Crippen molar-refractivity contribution in [3.63, 3.8) is 0 Å². The summed E-state index contributed by atoms with van der Waals surface area (Å²) in [6.07, 6.45) is 0. The monoisotopic (exact) mass is 344 g/mol. The van der Waals surface area contributed by atoms with Crippen LogP contribution in [-0.2, 0) is 26.0 Å². The van der Waals surface area contributed by atoms with Gasteiger partial charge in [0, 0.05) is 5.56 Å². The van der Waals surface area contributed by atoms with Crippen molar-refractivity contribution in [2.45, 2.75) is 25.2 Å². The third-order valence-electron chi connectivity index (χ3n) is 2.83. The minimum absolute atomic E-state index is 0.0150. The van der Waals surface area contributed by atoms with Gasteiger partial charge in [-0.1, -0.05) is 24.3 Å². The Morgan fingerprint density at radius 3 is 2.21 bits per heavy atom. The van der Waals surface area contributed by atoms with E-state index in [1.165, 1.54) is 0 Å². The molecule has 6 heteroatoms. The number of carbonyl (C=O) groups excluding carboxylic acids is 1. The third kappa shape index (κ3) is 2.90. The Morgan fingerprint density at radius 2 is 1.79 bits per heavy atom. The number of halogens is 1. The number of benzene rings is 1. The lowest BCUT2D eigenvalue weighted by atomic mass is 10.1. The zero-order valence-electron chi connectivity index (χ0n) is 10.5. The highest BCUT2D eigenvalue weighted by Gasteiger charge is 2.41. The Bertz CT molecular complexity index is 619. The van der Waals surface area contributed by atoms with Gasteiger partial charge in [0.2, 0.25) is 5.78 Å². The summed E-state index contributed by atoms with van der Waals surface area (Å²) >= 11 is 3.25. The molecule has 19 heavy (non-hydrogen) atoms. The fourth-order valence-electron chi connectivity index (χ4n) is 1.81. The molecule has 0 saturated heterocycles. The van der Waals surface area contributed by atoms with Crippen molar-refractivity contribution in [3.05, 3.63) is 39.9 Å². The summed E-state index contributed by atoms with van der Waals surface area (Å²) in [5, 5.41) is 0.